The van der Waals surface area contributed by atoms with Crippen molar-refractivity contribution in [1.29, 1.82) is 5.26 Å². The predicted molar refractivity (Wildman–Crippen MR) is 39.6 cm³/mol. The van der Waals surface area contributed by atoms with Gasteiger partial charge in [-0.05, 0) is 6.42 Å². The first-order valence-corrected chi connectivity index (χ1v) is 3.44. The van der Waals surface area contributed by atoms with E-state index in [4.69, 9.17) is 10.00 Å². The van der Waals surface area contributed by atoms with E-state index in [1.807, 2.05) is 6.07 Å². The molecule has 0 aliphatic carbocycles. The summed E-state index contributed by atoms with van der Waals surface area (Å²) in [5.74, 6) is 0. The molecular formula is C7H14N2O. The topological polar surface area (TPSA) is 45.0 Å². The summed E-state index contributed by atoms with van der Waals surface area (Å²) >= 11 is 0. The molecule has 0 aromatic heterocycles. The van der Waals surface area contributed by atoms with Gasteiger partial charge in [-0.25, -0.2) is 0 Å². The maximum Gasteiger partial charge on any atom is 0.0843 e. The van der Waals surface area contributed by atoms with Gasteiger partial charge in [0.05, 0.1) is 19.2 Å². The second kappa shape index (κ2) is 6.53. The van der Waals surface area contributed by atoms with Crippen LogP contribution in [0.1, 0.15) is 13.3 Å². The van der Waals surface area contributed by atoms with Gasteiger partial charge in [-0.2, -0.15) is 5.26 Å². The molecule has 0 fully saturated rings. The van der Waals surface area contributed by atoms with E-state index in [-0.39, 0.29) is 0 Å². The van der Waals surface area contributed by atoms with Gasteiger partial charge >= 0.3 is 0 Å². The first kappa shape index (κ1) is 9.41. The highest BCUT2D eigenvalue weighted by molar-refractivity contribution is 4.76. The van der Waals surface area contributed by atoms with Crippen molar-refractivity contribution in [2.24, 2.45) is 0 Å². The van der Waals surface area contributed by atoms with Crippen LogP contribution in [0, 0.1) is 11.3 Å². The Hall–Kier alpha value is -0.590. The molecule has 0 aromatic rings. The lowest BCUT2D eigenvalue weighted by atomic mass is 10.2. The fourth-order valence-electron chi connectivity index (χ4n) is 0.712. The molecule has 0 spiro atoms. The molecule has 0 aliphatic heterocycles. The Labute approximate surface area is 62.0 Å². The molecule has 0 saturated carbocycles. The predicted octanol–water partition coefficient (Wildman–Crippen LogP) is 0.525. The summed E-state index contributed by atoms with van der Waals surface area (Å²) in [6.07, 6.45) is 0.996. The Balaban J connectivity index is 3.32. The lowest BCUT2D eigenvalue weighted by molar-refractivity contribution is 0.166. The Morgan fingerprint density at radius 1 is 1.70 bits per heavy atom. The fourth-order valence-corrected chi connectivity index (χ4v) is 0.712. The van der Waals surface area contributed by atoms with Gasteiger partial charge in [0.25, 0.3) is 0 Å². The second-order valence-electron chi connectivity index (χ2n) is 2.10. The Bertz CT molecular complexity index is 109. The number of hydrogen-bond acceptors (Lipinski definition) is 3. The van der Waals surface area contributed by atoms with Crippen molar-refractivity contribution < 1.29 is 4.74 Å². The van der Waals surface area contributed by atoms with E-state index in [0.717, 1.165) is 6.42 Å². The Kier molecular flexibility index (Phi) is 6.14. The third-order valence-electron chi connectivity index (χ3n) is 1.33. The minimum Gasteiger partial charge on any atom is -0.383 e. The van der Waals surface area contributed by atoms with Gasteiger partial charge in [-0.1, -0.05) is 6.92 Å². The van der Waals surface area contributed by atoms with Crippen molar-refractivity contribution in [2.75, 3.05) is 20.3 Å². The van der Waals surface area contributed by atoms with Gasteiger partial charge in [0.1, 0.15) is 0 Å². The third-order valence-corrected chi connectivity index (χ3v) is 1.33. The molecule has 0 saturated heterocycles. The molecule has 0 heterocycles. The fraction of sp³-hybridized carbons (Fsp3) is 0.857. The van der Waals surface area contributed by atoms with Crippen molar-refractivity contribution >= 4 is 0 Å². The summed E-state index contributed by atoms with van der Waals surface area (Å²) in [6, 6.07) is 2.35. The lowest BCUT2D eigenvalue weighted by Crippen LogP contribution is -2.32. The van der Waals surface area contributed by atoms with Crippen molar-refractivity contribution in [3.8, 4) is 6.07 Å². The van der Waals surface area contributed by atoms with Gasteiger partial charge in [-0.3, -0.25) is 5.32 Å². The number of methoxy groups -OCH3 is 1. The molecule has 0 aliphatic rings. The number of hydrogen-bond donors (Lipinski definition) is 1. The number of nitrogens with zero attached hydrogens (tertiary/aromatic N) is 1. The van der Waals surface area contributed by atoms with Crippen LogP contribution < -0.4 is 5.32 Å². The number of nitrogens with one attached hydrogen (secondary N) is 1. The first-order chi connectivity index (χ1) is 4.85. The summed E-state index contributed by atoms with van der Waals surface area (Å²) in [6.45, 7) is 3.15. The number of nitriles is 1. The molecule has 0 radical (unpaired) electrons. The van der Waals surface area contributed by atoms with Crippen LogP contribution in [0.4, 0.5) is 0 Å². The molecule has 0 aromatic carbocycles. The molecule has 1 atom stereocenters. The molecule has 58 valence electrons. The molecule has 0 bridgehead atoms. The van der Waals surface area contributed by atoms with E-state index in [1.54, 1.807) is 7.11 Å². The second-order valence-corrected chi connectivity index (χ2v) is 2.10. The SMILES string of the molecule is CCC(COC)NCC#N. The summed E-state index contributed by atoms with van der Waals surface area (Å²) in [5, 5.41) is 11.3. The van der Waals surface area contributed by atoms with Crippen LogP contribution in [0.25, 0.3) is 0 Å². The van der Waals surface area contributed by atoms with Crippen LogP contribution in [0.2, 0.25) is 0 Å². The Morgan fingerprint density at radius 3 is 2.80 bits per heavy atom. The summed E-state index contributed by atoms with van der Waals surface area (Å²) in [5.41, 5.74) is 0. The van der Waals surface area contributed by atoms with Gasteiger partial charge in [-0.15, -0.1) is 0 Å². The summed E-state index contributed by atoms with van der Waals surface area (Å²) in [4.78, 5) is 0. The molecule has 1 unspecified atom stereocenters. The van der Waals surface area contributed by atoms with E-state index < -0.39 is 0 Å². The highest BCUT2D eigenvalue weighted by Crippen LogP contribution is 1.89. The first-order valence-electron chi connectivity index (χ1n) is 3.44. The van der Waals surface area contributed by atoms with E-state index in [9.17, 15) is 0 Å². The van der Waals surface area contributed by atoms with Gasteiger partial charge in [0, 0.05) is 13.2 Å². The minimum absolute atomic E-state index is 0.324. The van der Waals surface area contributed by atoms with Crippen LogP contribution in [0.15, 0.2) is 0 Å². The summed E-state index contributed by atoms with van der Waals surface area (Å²) < 4.78 is 4.92. The smallest absolute Gasteiger partial charge is 0.0843 e. The van der Waals surface area contributed by atoms with E-state index in [2.05, 4.69) is 12.2 Å². The summed E-state index contributed by atoms with van der Waals surface area (Å²) in [7, 11) is 1.66. The van der Waals surface area contributed by atoms with E-state index in [1.165, 1.54) is 0 Å². The molecular weight excluding hydrogens is 128 g/mol. The maximum atomic E-state index is 8.23. The van der Waals surface area contributed by atoms with Crippen LogP contribution in [-0.2, 0) is 4.74 Å². The van der Waals surface area contributed by atoms with Crippen molar-refractivity contribution in [3.05, 3.63) is 0 Å². The monoisotopic (exact) mass is 142 g/mol. The van der Waals surface area contributed by atoms with Crippen molar-refractivity contribution in [2.45, 2.75) is 19.4 Å². The normalized spacial score (nSPS) is 12.5. The van der Waals surface area contributed by atoms with E-state index in [0.29, 0.717) is 19.2 Å². The zero-order valence-corrected chi connectivity index (χ0v) is 6.55. The molecule has 10 heavy (non-hydrogen) atoms. The van der Waals surface area contributed by atoms with Crippen LogP contribution >= 0.6 is 0 Å². The highest BCUT2D eigenvalue weighted by atomic mass is 16.5. The largest absolute Gasteiger partial charge is 0.383 e. The van der Waals surface area contributed by atoms with Gasteiger partial charge < -0.3 is 4.74 Å². The number of ether oxygens (including phenoxy) is 1. The maximum absolute atomic E-state index is 8.23. The zero-order chi connectivity index (χ0) is 7.82. The zero-order valence-electron chi connectivity index (χ0n) is 6.55. The van der Waals surface area contributed by atoms with Crippen molar-refractivity contribution in [3.63, 3.8) is 0 Å². The van der Waals surface area contributed by atoms with E-state index >= 15 is 0 Å². The molecule has 1 N–H and O–H groups in total. The Morgan fingerprint density at radius 2 is 2.40 bits per heavy atom. The third kappa shape index (κ3) is 4.30. The van der Waals surface area contributed by atoms with Crippen LogP contribution in [0.3, 0.4) is 0 Å². The van der Waals surface area contributed by atoms with Gasteiger partial charge in [0.15, 0.2) is 0 Å². The lowest BCUT2D eigenvalue weighted by Gasteiger charge is -2.12. The molecule has 3 nitrogen and oxygen atoms in total. The highest BCUT2D eigenvalue weighted by Gasteiger charge is 2.01. The average molecular weight is 142 g/mol. The standard InChI is InChI=1S/C7H14N2O/c1-3-7(6-10-2)9-5-4-8/h7,9H,3,5-6H2,1-2H3. The van der Waals surface area contributed by atoms with Crippen molar-refractivity contribution in [1.82, 2.24) is 5.32 Å². The molecule has 0 rings (SSSR count). The quantitative estimate of drug-likeness (QED) is 0.569. The van der Waals surface area contributed by atoms with Crippen LogP contribution in [-0.4, -0.2) is 26.3 Å². The van der Waals surface area contributed by atoms with Crippen LogP contribution in [0.5, 0.6) is 0 Å². The average Bonchev–Trinajstić information content (AvgIpc) is 1.98. The minimum atomic E-state index is 0.324. The number of rotatable bonds is 5. The molecule has 3 heteroatoms. The van der Waals surface area contributed by atoms with Gasteiger partial charge in [0.2, 0.25) is 0 Å². The molecule has 0 amide bonds.